The number of hydrogen-bond donors (Lipinski definition) is 0. The fourth-order valence-corrected chi connectivity index (χ4v) is 4.58. The van der Waals surface area contributed by atoms with E-state index in [-0.39, 0.29) is 5.56 Å². The van der Waals surface area contributed by atoms with Crippen molar-refractivity contribution in [3.8, 4) is 11.4 Å². The molecule has 5 rings (SSSR count). The van der Waals surface area contributed by atoms with Gasteiger partial charge >= 0.3 is 0 Å². The lowest BCUT2D eigenvalue weighted by Crippen LogP contribution is -2.22. The van der Waals surface area contributed by atoms with Crippen molar-refractivity contribution in [1.82, 2.24) is 19.2 Å². The number of ether oxygens (including phenoxy) is 1. The summed E-state index contributed by atoms with van der Waals surface area (Å²) in [5, 5.41) is 10.2. The third kappa shape index (κ3) is 3.37. The summed E-state index contributed by atoms with van der Waals surface area (Å²) in [5.74, 6) is 1.82. The van der Waals surface area contributed by atoms with Gasteiger partial charge in [-0.15, -0.1) is 10.2 Å². The van der Waals surface area contributed by atoms with Crippen LogP contribution >= 0.6 is 11.8 Å². The summed E-state index contributed by atoms with van der Waals surface area (Å²) in [5.41, 5.74) is 3.50. The van der Waals surface area contributed by atoms with Gasteiger partial charge in [0.1, 0.15) is 5.75 Å². The summed E-state index contributed by atoms with van der Waals surface area (Å²) in [6.45, 7) is 1.98. The number of thioether (sulfide) groups is 1. The lowest BCUT2D eigenvalue weighted by atomic mass is 10.2. The molecule has 2 heterocycles. The van der Waals surface area contributed by atoms with E-state index in [1.807, 2.05) is 72.0 Å². The fraction of sp³-hybridized carbons (Fsp3) is 0.125. The minimum Gasteiger partial charge on any atom is -0.495 e. The van der Waals surface area contributed by atoms with Crippen molar-refractivity contribution in [1.29, 1.82) is 0 Å². The lowest BCUT2D eigenvalue weighted by Gasteiger charge is -2.14. The van der Waals surface area contributed by atoms with Gasteiger partial charge in [0.25, 0.3) is 5.56 Å². The Bertz CT molecular complexity index is 1460. The maximum Gasteiger partial charge on any atom is 0.267 e. The van der Waals surface area contributed by atoms with E-state index >= 15 is 0 Å². The highest BCUT2D eigenvalue weighted by atomic mass is 32.2. The smallest absolute Gasteiger partial charge is 0.267 e. The van der Waals surface area contributed by atoms with Crippen molar-refractivity contribution in [2.24, 2.45) is 0 Å². The van der Waals surface area contributed by atoms with Crippen LogP contribution in [0.4, 0.5) is 0 Å². The molecule has 0 bridgehead atoms. The molecule has 0 unspecified atom stereocenters. The Morgan fingerprint density at radius 3 is 2.55 bits per heavy atom. The monoisotopic (exact) mass is 428 g/mol. The van der Waals surface area contributed by atoms with Crippen molar-refractivity contribution >= 4 is 28.4 Å². The van der Waals surface area contributed by atoms with E-state index in [0.717, 1.165) is 22.0 Å². The maximum absolute atomic E-state index is 13.5. The van der Waals surface area contributed by atoms with E-state index in [1.54, 1.807) is 23.4 Å². The predicted octanol–water partition coefficient (Wildman–Crippen LogP) is 4.64. The van der Waals surface area contributed by atoms with Crippen molar-refractivity contribution < 1.29 is 4.74 Å². The summed E-state index contributed by atoms with van der Waals surface area (Å²) in [6.07, 6.45) is 0. The Balaban J connectivity index is 1.77. The molecule has 2 aromatic heterocycles. The van der Waals surface area contributed by atoms with Crippen LogP contribution in [0.25, 0.3) is 22.4 Å². The third-order valence-electron chi connectivity index (χ3n) is 5.18. The van der Waals surface area contributed by atoms with E-state index in [2.05, 4.69) is 22.3 Å². The highest BCUT2D eigenvalue weighted by Gasteiger charge is 2.20. The molecule has 0 aliphatic carbocycles. The van der Waals surface area contributed by atoms with E-state index in [4.69, 9.17) is 4.74 Å². The summed E-state index contributed by atoms with van der Waals surface area (Å²) in [4.78, 5) is 13.5. The zero-order chi connectivity index (χ0) is 21.4. The van der Waals surface area contributed by atoms with Gasteiger partial charge in [0, 0.05) is 5.75 Å². The Labute approximate surface area is 183 Å². The van der Waals surface area contributed by atoms with Crippen LogP contribution in [0.3, 0.4) is 0 Å². The second-order valence-corrected chi connectivity index (χ2v) is 8.17. The first kappa shape index (κ1) is 19.4. The molecule has 0 fully saturated rings. The van der Waals surface area contributed by atoms with Gasteiger partial charge in [-0.3, -0.25) is 9.20 Å². The van der Waals surface area contributed by atoms with Gasteiger partial charge in [0.2, 0.25) is 5.78 Å². The van der Waals surface area contributed by atoms with Crippen LogP contribution in [0.2, 0.25) is 0 Å². The largest absolute Gasteiger partial charge is 0.495 e. The van der Waals surface area contributed by atoms with Crippen LogP contribution in [-0.4, -0.2) is 26.3 Å². The Morgan fingerprint density at radius 1 is 0.968 bits per heavy atom. The molecule has 154 valence electrons. The number of methoxy groups -OCH3 is 1. The minimum atomic E-state index is -0.154. The second kappa shape index (κ2) is 7.92. The topological polar surface area (TPSA) is 61.4 Å². The first-order valence-corrected chi connectivity index (χ1v) is 10.9. The predicted molar refractivity (Wildman–Crippen MR) is 123 cm³/mol. The number of hydrogen-bond acceptors (Lipinski definition) is 5. The van der Waals surface area contributed by atoms with Crippen LogP contribution in [0.5, 0.6) is 5.75 Å². The number of rotatable bonds is 5. The van der Waals surface area contributed by atoms with Crippen LogP contribution in [0.1, 0.15) is 11.1 Å². The number of fused-ring (bicyclic) bond motifs is 3. The average molecular weight is 429 g/mol. The number of para-hydroxylation sites is 1. The van der Waals surface area contributed by atoms with Crippen LogP contribution < -0.4 is 10.3 Å². The molecule has 0 N–H and O–H groups in total. The van der Waals surface area contributed by atoms with Gasteiger partial charge in [-0.25, -0.2) is 4.57 Å². The number of aryl methyl sites for hydroxylation is 1. The highest BCUT2D eigenvalue weighted by Crippen LogP contribution is 2.28. The summed E-state index contributed by atoms with van der Waals surface area (Å²) >= 11 is 1.59. The van der Waals surface area contributed by atoms with Crippen LogP contribution in [0, 0.1) is 6.92 Å². The van der Waals surface area contributed by atoms with E-state index in [9.17, 15) is 4.79 Å². The molecule has 0 saturated carbocycles. The van der Waals surface area contributed by atoms with E-state index < -0.39 is 0 Å². The molecule has 0 saturated heterocycles. The summed E-state index contributed by atoms with van der Waals surface area (Å²) < 4.78 is 9.10. The van der Waals surface area contributed by atoms with E-state index in [1.165, 1.54) is 5.56 Å². The Morgan fingerprint density at radius 2 is 1.74 bits per heavy atom. The molecule has 0 aliphatic rings. The molecular formula is C24H20N4O2S. The van der Waals surface area contributed by atoms with E-state index in [0.29, 0.717) is 22.6 Å². The molecule has 0 spiro atoms. The molecule has 6 nitrogen and oxygen atoms in total. The molecule has 31 heavy (non-hydrogen) atoms. The van der Waals surface area contributed by atoms with Crippen molar-refractivity contribution in [3.63, 3.8) is 0 Å². The Hall–Kier alpha value is -3.58. The molecular weight excluding hydrogens is 408 g/mol. The molecule has 0 radical (unpaired) electrons. The second-order valence-electron chi connectivity index (χ2n) is 7.23. The first-order valence-electron chi connectivity index (χ1n) is 9.88. The van der Waals surface area contributed by atoms with Crippen LogP contribution in [-0.2, 0) is 5.75 Å². The fourth-order valence-electron chi connectivity index (χ4n) is 3.69. The molecule has 5 aromatic rings. The van der Waals surface area contributed by atoms with Gasteiger partial charge < -0.3 is 4.74 Å². The quantitative estimate of drug-likeness (QED) is 0.382. The number of aromatic nitrogens is 4. The molecule has 0 aliphatic heterocycles. The number of nitrogens with zero attached hydrogens (tertiary/aromatic N) is 4. The molecule has 7 heteroatoms. The van der Waals surface area contributed by atoms with Crippen molar-refractivity contribution in [2.45, 2.75) is 17.8 Å². The van der Waals surface area contributed by atoms with Crippen molar-refractivity contribution in [3.05, 3.63) is 94.3 Å². The molecule has 3 aromatic carbocycles. The van der Waals surface area contributed by atoms with Gasteiger partial charge in [0.05, 0.1) is 23.7 Å². The number of benzene rings is 3. The average Bonchev–Trinajstić information content (AvgIpc) is 3.22. The van der Waals surface area contributed by atoms with Gasteiger partial charge in [0.15, 0.2) is 5.16 Å². The zero-order valence-corrected chi connectivity index (χ0v) is 18.0. The minimum absolute atomic E-state index is 0.154. The summed E-state index contributed by atoms with van der Waals surface area (Å²) in [6, 6.07) is 23.5. The van der Waals surface area contributed by atoms with Crippen molar-refractivity contribution in [2.75, 3.05) is 7.11 Å². The van der Waals surface area contributed by atoms with Gasteiger partial charge in [-0.2, -0.15) is 0 Å². The normalized spacial score (nSPS) is 11.3. The highest BCUT2D eigenvalue weighted by molar-refractivity contribution is 7.98. The standard InChI is InChI=1S/C24H20N4O2S/c1-16-12-13-21(30-2)20(14-16)27-22(29)18-10-6-7-11-19(18)28-23(27)25-26-24(28)31-15-17-8-4-3-5-9-17/h3-14H,15H2,1-2H3. The Kier molecular flexibility index (Phi) is 4.95. The van der Waals surface area contributed by atoms with Crippen LogP contribution in [0.15, 0.2) is 82.7 Å². The summed E-state index contributed by atoms with van der Waals surface area (Å²) in [7, 11) is 1.60. The van der Waals surface area contributed by atoms with Gasteiger partial charge in [-0.1, -0.05) is 60.3 Å². The molecule has 0 amide bonds. The zero-order valence-electron chi connectivity index (χ0n) is 17.1. The SMILES string of the molecule is COc1ccc(C)cc1-n1c(=O)c2ccccc2n2c(SCc3ccccc3)nnc12. The van der Waals surface area contributed by atoms with Gasteiger partial charge in [-0.05, 0) is 42.3 Å². The molecule has 0 atom stereocenters. The first-order chi connectivity index (χ1) is 15.2. The third-order valence-corrected chi connectivity index (χ3v) is 6.18. The maximum atomic E-state index is 13.5. The lowest BCUT2D eigenvalue weighted by molar-refractivity contribution is 0.412.